The van der Waals surface area contributed by atoms with Crippen molar-refractivity contribution in [2.45, 2.75) is 38.3 Å². The molecule has 102 valence electrons. The van der Waals surface area contributed by atoms with Gasteiger partial charge < -0.3 is 10.4 Å². The number of amides is 3. The van der Waals surface area contributed by atoms with Gasteiger partial charge in [-0.1, -0.05) is 0 Å². The fraction of sp³-hybridized carbons (Fsp3) is 0.833. The van der Waals surface area contributed by atoms with Gasteiger partial charge in [-0.3, -0.25) is 15.0 Å². The van der Waals surface area contributed by atoms with E-state index in [0.29, 0.717) is 0 Å². The third-order valence-corrected chi connectivity index (χ3v) is 3.52. The number of carbonyl (C=O) groups is 2. The van der Waals surface area contributed by atoms with Crippen LogP contribution in [-0.4, -0.2) is 53.7 Å². The molecule has 0 aromatic heterocycles. The summed E-state index contributed by atoms with van der Waals surface area (Å²) in [7, 11) is 0. The molecule has 2 atom stereocenters. The minimum atomic E-state index is -0.395. The van der Waals surface area contributed by atoms with Crippen LogP contribution in [0.4, 0.5) is 4.79 Å². The summed E-state index contributed by atoms with van der Waals surface area (Å²) in [5.74, 6) is -0.0440. The monoisotopic (exact) mass is 255 g/mol. The molecule has 0 aromatic rings. The Bertz CT molecular complexity index is 329. The predicted octanol–water partition coefficient (Wildman–Crippen LogP) is -0.323. The van der Waals surface area contributed by atoms with Crippen molar-refractivity contribution >= 4 is 11.9 Å². The molecule has 0 aromatic carbocycles. The van der Waals surface area contributed by atoms with E-state index in [4.69, 9.17) is 0 Å². The van der Waals surface area contributed by atoms with Gasteiger partial charge in [0.1, 0.15) is 0 Å². The molecule has 1 heterocycles. The summed E-state index contributed by atoms with van der Waals surface area (Å²) in [6.45, 7) is 3.52. The van der Waals surface area contributed by atoms with Crippen LogP contribution in [0.25, 0.3) is 0 Å². The second kappa shape index (κ2) is 5.67. The maximum atomic E-state index is 11.6. The van der Waals surface area contributed by atoms with Crippen molar-refractivity contribution in [2.24, 2.45) is 5.92 Å². The number of aliphatic hydroxyl groups excluding tert-OH is 1. The highest BCUT2D eigenvalue weighted by molar-refractivity contribution is 5.95. The van der Waals surface area contributed by atoms with Gasteiger partial charge in [0.05, 0.1) is 12.6 Å². The highest BCUT2D eigenvalue weighted by Crippen LogP contribution is 2.19. The van der Waals surface area contributed by atoms with E-state index in [1.807, 2.05) is 4.90 Å². The van der Waals surface area contributed by atoms with Crippen molar-refractivity contribution in [1.82, 2.24) is 15.5 Å². The molecule has 6 nitrogen and oxygen atoms in total. The first kappa shape index (κ1) is 13.3. The minimum absolute atomic E-state index is 0.224. The number of imide groups is 1. The van der Waals surface area contributed by atoms with Crippen molar-refractivity contribution in [3.63, 3.8) is 0 Å². The molecule has 2 fully saturated rings. The number of nitrogens with zero attached hydrogens (tertiary/aromatic N) is 1. The molecule has 3 N–H and O–H groups in total. The van der Waals surface area contributed by atoms with E-state index in [0.717, 1.165) is 32.4 Å². The quantitative estimate of drug-likeness (QED) is 0.643. The van der Waals surface area contributed by atoms with Crippen molar-refractivity contribution in [1.29, 1.82) is 0 Å². The number of likely N-dealkylation sites (tertiary alicyclic amines) is 1. The van der Waals surface area contributed by atoms with Crippen LogP contribution in [0, 0.1) is 5.92 Å². The molecular formula is C12H21N3O3. The fourth-order valence-electron chi connectivity index (χ4n) is 2.22. The number of urea groups is 1. The van der Waals surface area contributed by atoms with E-state index < -0.39 is 6.03 Å². The zero-order valence-corrected chi connectivity index (χ0v) is 10.7. The minimum Gasteiger partial charge on any atom is -0.393 e. The number of rotatable bonds is 4. The van der Waals surface area contributed by atoms with Crippen LogP contribution in [0.5, 0.6) is 0 Å². The summed E-state index contributed by atoms with van der Waals surface area (Å²) >= 11 is 0. The second-order valence-corrected chi connectivity index (χ2v) is 5.32. The summed E-state index contributed by atoms with van der Waals surface area (Å²) in [5, 5.41) is 14.5. The third kappa shape index (κ3) is 3.96. The zero-order valence-electron chi connectivity index (χ0n) is 10.7. The molecular weight excluding hydrogens is 234 g/mol. The predicted molar refractivity (Wildman–Crippen MR) is 65.9 cm³/mol. The normalized spacial score (nSPS) is 25.8. The van der Waals surface area contributed by atoms with E-state index in [2.05, 4.69) is 10.6 Å². The lowest BCUT2D eigenvalue weighted by Crippen LogP contribution is -2.44. The first-order valence-electron chi connectivity index (χ1n) is 6.55. The van der Waals surface area contributed by atoms with Crippen molar-refractivity contribution in [2.75, 3.05) is 19.6 Å². The zero-order chi connectivity index (χ0) is 13.1. The Kier molecular flexibility index (Phi) is 4.19. The van der Waals surface area contributed by atoms with Crippen LogP contribution in [0.2, 0.25) is 0 Å². The number of carbonyl (C=O) groups excluding carboxylic acids is 2. The first-order chi connectivity index (χ1) is 8.54. The molecule has 3 amide bonds. The van der Waals surface area contributed by atoms with Crippen LogP contribution < -0.4 is 10.6 Å². The van der Waals surface area contributed by atoms with Gasteiger partial charge in [-0.25, -0.2) is 4.79 Å². The Morgan fingerprint density at radius 3 is 2.67 bits per heavy atom. The summed E-state index contributed by atoms with van der Waals surface area (Å²) in [6, 6.07) is -0.141. The van der Waals surface area contributed by atoms with E-state index in [-0.39, 0.29) is 30.5 Å². The molecule has 1 aliphatic carbocycles. The topological polar surface area (TPSA) is 81.7 Å². The van der Waals surface area contributed by atoms with Gasteiger partial charge in [-0.15, -0.1) is 0 Å². The van der Waals surface area contributed by atoms with Crippen LogP contribution in [0.3, 0.4) is 0 Å². The molecule has 18 heavy (non-hydrogen) atoms. The Balaban J connectivity index is 1.66. The number of hydrogen-bond acceptors (Lipinski definition) is 4. The fourth-order valence-corrected chi connectivity index (χ4v) is 2.22. The molecule has 0 bridgehead atoms. The molecule has 2 aliphatic rings. The number of nitrogens with one attached hydrogen (secondary N) is 2. The standard InChI is InChI=1S/C12H21N3O3/c1-8(16)9-4-5-15(6-9)7-11(17)14-12(18)13-10-2-3-10/h8-10,16H,2-7H2,1H3,(H2,13,14,17,18). The lowest BCUT2D eigenvalue weighted by Gasteiger charge is -2.16. The molecule has 0 radical (unpaired) electrons. The van der Waals surface area contributed by atoms with E-state index in [9.17, 15) is 14.7 Å². The lowest BCUT2D eigenvalue weighted by molar-refractivity contribution is -0.121. The average molecular weight is 255 g/mol. The maximum absolute atomic E-state index is 11.6. The number of hydrogen-bond donors (Lipinski definition) is 3. The Morgan fingerprint density at radius 2 is 2.11 bits per heavy atom. The highest BCUT2D eigenvalue weighted by atomic mass is 16.3. The summed E-state index contributed by atoms with van der Waals surface area (Å²) in [5.41, 5.74) is 0. The molecule has 2 unspecified atom stereocenters. The maximum Gasteiger partial charge on any atom is 0.321 e. The van der Waals surface area contributed by atoms with Gasteiger partial charge in [0.25, 0.3) is 0 Å². The van der Waals surface area contributed by atoms with Crippen LogP contribution in [0.15, 0.2) is 0 Å². The SMILES string of the molecule is CC(O)C1CCN(CC(=O)NC(=O)NC2CC2)C1. The highest BCUT2D eigenvalue weighted by Gasteiger charge is 2.28. The lowest BCUT2D eigenvalue weighted by atomic mass is 10.0. The summed E-state index contributed by atoms with van der Waals surface area (Å²) < 4.78 is 0. The van der Waals surface area contributed by atoms with Gasteiger partial charge in [0, 0.05) is 12.6 Å². The van der Waals surface area contributed by atoms with Gasteiger partial charge in [0.15, 0.2) is 0 Å². The van der Waals surface area contributed by atoms with Crippen LogP contribution in [0.1, 0.15) is 26.2 Å². The second-order valence-electron chi connectivity index (χ2n) is 5.32. The van der Waals surface area contributed by atoms with E-state index in [1.54, 1.807) is 6.92 Å². The summed E-state index contributed by atoms with van der Waals surface area (Å²) in [4.78, 5) is 24.9. The van der Waals surface area contributed by atoms with Gasteiger partial charge in [-0.05, 0) is 38.6 Å². The van der Waals surface area contributed by atoms with Crippen LogP contribution in [-0.2, 0) is 4.79 Å². The average Bonchev–Trinajstić information content (AvgIpc) is 2.93. The van der Waals surface area contributed by atoms with Gasteiger partial charge in [-0.2, -0.15) is 0 Å². The van der Waals surface area contributed by atoms with E-state index in [1.165, 1.54) is 0 Å². The third-order valence-electron chi connectivity index (χ3n) is 3.52. The van der Waals surface area contributed by atoms with Crippen molar-refractivity contribution in [3.05, 3.63) is 0 Å². The van der Waals surface area contributed by atoms with Gasteiger partial charge in [0.2, 0.25) is 5.91 Å². The van der Waals surface area contributed by atoms with E-state index >= 15 is 0 Å². The molecule has 0 spiro atoms. The largest absolute Gasteiger partial charge is 0.393 e. The Morgan fingerprint density at radius 1 is 1.39 bits per heavy atom. The van der Waals surface area contributed by atoms with Crippen molar-refractivity contribution < 1.29 is 14.7 Å². The molecule has 6 heteroatoms. The molecule has 2 rings (SSSR count). The van der Waals surface area contributed by atoms with Crippen LogP contribution >= 0.6 is 0 Å². The molecule has 1 saturated heterocycles. The van der Waals surface area contributed by atoms with Crippen molar-refractivity contribution in [3.8, 4) is 0 Å². The Labute approximate surface area is 107 Å². The summed E-state index contributed by atoms with van der Waals surface area (Å²) in [6.07, 6.45) is 2.57. The first-order valence-corrected chi connectivity index (χ1v) is 6.55. The van der Waals surface area contributed by atoms with Gasteiger partial charge >= 0.3 is 6.03 Å². The number of aliphatic hydroxyl groups is 1. The Hall–Kier alpha value is -1.14. The molecule has 1 aliphatic heterocycles. The molecule has 1 saturated carbocycles. The smallest absolute Gasteiger partial charge is 0.321 e.